The largest absolute Gasteiger partial charge is 0.463 e. The molecule has 0 saturated carbocycles. The van der Waals surface area contributed by atoms with Crippen LogP contribution in [0.4, 0.5) is 11.4 Å². The first-order valence-electron chi connectivity index (χ1n) is 10.3. The molecule has 160 valence electrons. The van der Waals surface area contributed by atoms with Crippen molar-refractivity contribution >= 4 is 28.2 Å². The Balaban J connectivity index is 1.38. The van der Waals surface area contributed by atoms with Crippen molar-refractivity contribution in [2.45, 2.75) is 0 Å². The lowest BCUT2D eigenvalue weighted by Gasteiger charge is -2.36. The highest BCUT2D eigenvalue weighted by atomic mass is 16.6. The number of non-ortho nitro benzene ring substituents is 1. The van der Waals surface area contributed by atoms with Crippen LogP contribution in [0, 0.1) is 10.1 Å². The number of piperazine rings is 1. The molecule has 1 amide bonds. The standard InChI is InChI=1S/C24H20N4O4/c29-24(27-13-11-26(12-14-27)17-7-9-18(10-8-17)28(30)31)20-16-22(23-6-3-15-32-23)25-21-5-2-1-4-19(20)21/h1-10,15-16H,11-14H2. The molecule has 0 N–H and O–H groups in total. The zero-order chi connectivity index (χ0) is 22.1. The van der Waals surface area contributed by atoms with Gasteiger partial charge in [-0.2, -0.15) is 0 Å². The number of hydrogen-bond donors (Lipinski definition) is 0. The molecule has 0 bridgehead atoms. The molecule has 0 unspecified atom stereocenters. The van der Waals surface area contributed by atoms with Crippen LogP contribution in [0.25, 0.3) is 22.4 Å². The second-order valence-electron chi connectivity index (χ2n) is 7.60. The Labute approximate surface area is 183 Å². The third kappa shape index (κ3) is 3.66. The van der Waals surface area contributed by atoms with E-state index in [4.69, 9.17) is 4.42 Å². The Kier molecular flexibility index (Phi) is 5.03. The summed E-state index contributed by atoms with van der Waals surface area (Å²) in [5.41, 5.74) is 2.96. The molecule has 8 heteroatoms. The second kappa shape index (κ2) is 8.14. The minimum Gasteiger partial charge on any atom is -0.463 e. The number of carbonyl (C=O) groups is 1. The van der Waals surface area contributed by atoms with Crippen molar-refractivity contribution in [2.24, 2.45) is 0 Å². The molecule has 32 heavy (non-hydrogen) atoms. The summed E-state index contributed by atoms with van der Waals surface area (Å²) in [5.74, 6) is 0.576. The molecule has 0 aliphatic carbocycles. The van der Waals surface area contributed by atoms with E-state index in [1.807, 2.05) is 35.2 Å². The summed E-state index contributed by atoms with van der Waals surface area (Å²) < 4.78 is 5.50. The molecule has 0 atom stereocenters. The van der Waals surface area contributed by atoms with Gasteiger partial charge in [-0.25, -0.2) is 4.98 Å². The third-order valence-corrected chi connectivity index (χ3v) is 5.71. The number of fused-ring (bicyclic) bond motifs is 1. The zero-order valence-electron chi connectivity index (χ0n) is 17.2. The van der Waals surface area contributed by atoms with Gasteiger partial charge in [0.2, 0.25) is 0 Å². The Morgan fingerprint density at radius 2 is 1.72 bits per heavy atom. The van der Waals surface area contributed by atoms with E-state index in [9.17, 15) is 14.9 Å². The second-order valence-corrected chi connectivity index (χ2v) is 7.60. The van der Waals surface area contributed by atoms with Crippen molar-refractivity contribution in [3.05, 3.63) is 88.7 Å². The van der Waals surface area contributed by atoms with Crippen LogP contribution in [0.1, 0.15) is 10.4 Å². The highest BCUT2D eigenvalue weighted by Gasteiger charge is 2.25. The number of nitro benzene ring substituents is 1. The predicted octanol–water partition coefficient (Wildman–Crippen LogP) is 4.37. The van der Waals surface area contributed by atoms with Gasteiger partial charge in [-0.05, 0) is 36.4 Å². The lowest BCUT2D eigenvalue weighted by atomic mass is 10.0. The molecule has 1 fully saturated rings. The van der Waals surface area contributed by atoms with E-state index in [0.29, 0.717) is 43.2 Å². The number of rotatable bonds is 4. The van der Waals surface area contributed by atoms with E-state index in [1.54, 1.807) is 30.5 Å². The first kappa shape index (κ1) is 19.7. The van der Waals surface area contributed by atoms with Gasteiger partial charge in [0.05, 0.1) is 22.3 Å². The van der Waals surface area contributed by atoms with Crippen LogP contribution in [-0.4, -0.2) is 46.9 Å². The lowest BCUT2D eigenvalue weighted by molar-refractivity contribution is -0.384. The maximum atomic E-state index is 13.5. The molecular formula is C24H20N4O4. The number of pyridine rings is 1. The molecule has 3 heterocycles. The van der Waals surface area contributed by atoms with Gasteiger partial charge in [-0.3, -0.25) is 14.9 Å². The van der Waals surface area contributed by atoms with Gasteiger partial charge in [-0.15, -0.1) is 0 Å². The van der Waals surface area contributed by atoms with Gasteiger partial charge >= 0.3 is 0 Å². The maximum absolute atomic E-state index is 13.5. The predicted molar refractivity (Wildman–Crippen MR) is 121 cm³/mol. The van der Waals surface area contributed by atoms with E-state index >= 15 is 0 Å². The van der Waals surface area contributed by atoms with Crippen molar-refractivity contribution < 1.29 is 14.1 Å². The summed E-state index contributed by atoms with van der Waals surface area (Å²) >= 11 is 0. The quantitative estimate of drug-likeness (QED) is 0.354. The van der Waals surface area contributed by atoms with Gasteiger partial charge in [0.25, 0.3) is 11.6 Å². The van der Waals surface area contributed by atoms with Crippen molar-refractivity contribution in [3.63, 3.8) is 0 Å². The van der Waals surface area contributed by atoms with Crippen LogP contribution in [0.15, 0.2) is 77.4 Å². The topological polar surface area (TPSA) is 92.7 Å². The SMILES string of the molecule is O=C(c1cc(-c2ccco2)nc2ccccc12)N1CCN(c2ccc([N+](=O)[O-])cc2)CC1. The first-order valence-corrected chi connectivity index (χ1v) is 10.3. The first-order chi connectivity index (χ1) is 15.6. The summed E-state index contributed by atoms with van der Waals surface area (Å²) in [4.78, 5) is 32.6. The summed E-state index contributed by atoms with van der Waals surface area (Å²) in [6.07, 6.45) is 1.59. The Morgan fingerprint density at radius 3 is 2.41 bits per heavy atom. The van der Waals surface area contributed by atoms with Crippen molar-refractivity contribution in [3.8, 4) is 11.5 Å². The van der Waals surface area contributed by atoms with Gasteiger partial charge in [0, 0.05) is 49.4 Å². The molecular weight excluding hydrogens is 408 g/mol. The average Bonchev–Trinajstić information content (AvgIpc) is 3.38. The number of carbonyl (C=O) groups excluding carboxylic acids is 1. The van der Waals surface area contributed by atoms with E-state index < -0.39 is 4.92 Å². The van der Waals surface area contributed by atoms with Crippen molar-refractivity contribution in [2.75, 3.05) is 31.1 Å². The fraction of sp³-hybridized carbons (Fsp3) is 0.167. The fourth-order valence-corrected chi connectivity index (χ4v) is 4.03. The summed E-state index contributed by atoms with van der Waals surface area (Å²) in [5, 5.41) is 11.7. The third-order valence-electron chi connectivity index (χ3n) is 5.71. The molecule has 1 saturated heterocycles. The Bertz CT molecular complexity index is 1280. The van der Waals surface area contributed by atoms with Crippen LogP contribution in [0.2, 0.25) is 0 Å². The minimum atomic E-state index is -0.406. The molecule has 0 radical (unpaired) electrons. The van der Waals surface area contributed by atoms with Crippen LogP contribution in [0.5, 0.6) is 0 Å². The van der Waals surface area contributed by atoms with Crippen LogP contribution in [0.3, 0.4) is 0 Å². The number of amides is 1. The number of nitrogens with zero attached hydrogens (tertiary/aromatic N) is 4. The van der Waals surface area contributed by atoms with Gasteiger partial charge in [0.15, 0.2) is 5.76 Å². The maximum Gasteiger partial charge on any atom is 0.269 e. The molecule has 1 aliphatic heterocycles. The number of anilines is 1. The monoisotopic (exact) mass is 428 g/mol. The fourth-order valence-electron chi connectivity index (χ4n) is 4.03. The van der Waals surface area contributed by atoms with Gasteiger partial charge < -0.3 is 14.2 Å². The van der Waals surface area contributed by atoms with E-state index in [-0.39, 0.29) is 11.6 Å². The molecule has 0 spiro atoms. The van der Waals surface area contributed by atoms with Crippen LogP contribution in [-0.2, 0) is 0 Å². The molecule has 2 aromatic carbocycles. The normalized spacial score (nSPS) is 14.0. The molecule has 1 aliphatic rings. The Hall–Kier alpha value is -4.20. The molecule has 2 aromatic heterocycles. The van der Waals surface area contributed by atoms with E-state index in [1.165, 1.54) is 12.1 Å². The molecule has 8 nitrogen and oxygen atoms in total. The van der Waals surface area contributed by atoms with Crippen LogP contribution < -0.4 is 4.90 Å². The Morgan fingerprint density at radius 1 is 0.969 bits per heavy atom. The zero-order valence-corrected chi connectivity index (χ0v) is 17.2. The number of furan rings is 1. The van der Waals surface area contributed by atoms with Crippen LogP contribution >= 0.6 is 0 Å². The van der Waals surface area contributed by atoms with Gasteiger partial charge in [-0.1, -0.05) is 18.2 Å². The highest BCUT2D eigenvalue weighted by Crippen LogP contribution is 2.27. The summed E-state index contributed by atoms with van der Waals surface area (Å²) in [6.45, 7) is 2.42. The number of aromatic nitrogens is 1. The van der Waals surface area contributed by atoms with E-state index in [0.717, 1.165) is 16.6 Å². The lowest BCUT2D eigenvalue weighted by Crippen LogP contribution is -2.48. The average molecular weight is 428 g/mol. The number of benzene rings is 2. The number of nitro groups is 1. The summed E-state index contributed by atoms with van der Waals surface area (Å²) in [7, 11) is 0. The van der Waals surface area contributed by atoms with E-state index in [2.05, 4.69) is 9.88 Å². The van der Waals surface area contributed by atoms with Crippen molar-refractivity contribution in [1.82, 2.24) is 9.88 Å². The smallest absolute Gasteiger partial charge is 0.269 e. The molecule has 4 aromatic rings. The molecule has 5 rings (SSSR count). The number of hydrogen-bond acceptors (Lipinski definition) is 6. The minimum absolute atomic E-state index is 0.0419. The summed E-state index contributed by atoms with van der Waals surface area (Å²) in [6, 6.07) is 19.5. The van der Waals surface area contributed by atoms with Gasteiger partial charge in [0.1, 0.15) is 5.69 Å². The highest BCUT2D eigenvalue weighted by molar-refractivity contribution is 6.07. The number of para-hydroxylation sites is 1. The van der Waals surface area contributed by atoms with Crippen molar-refractivity contribution in [1.29, 1.82) is 0 Å².